The Balaban J connectivity index is 2.96. The summed E-state index contributed by atoms with van der Waals surface area (Å²) in [4.78, 5) is 13.4. The lowest BCUT2D eigenvalue weighted by Gasteiger charge is -2.23. The van der Waals surface area contributed by atoms with E-state index in [0.717, 1.165) is 12.1 Å². The van der Waals surface area contributed by atoms with Crippen LogP contribution in [0, 0.1) is 0 Å². The fraction of sp³-hybridized carbons (Fsp3) is 0.462. The average molecular weight is 300 g/mol. The fourth-order valence-electron chi connectivity index (χ4n) is 1.74. The number of nitrogens with one attached hydrogen (secondary N) is 1. The van der Waals surface area contributed by atoms with E-state index in [-0.39, 0.29) is 17.4 Å². The molecule has 0 aliphatic heterocycles. The lowest BCUT2D eigenvalue weighted by molar-refractivity contribution is -0.138. The van der Waals surface area contributed by atoms with E-state index in [2.05, 4.69) is 9.46 Å². The van der Waals surface area contributed by atoms with Crippen molar-refractivity contribution in [2.24, 2.45) is 0 Å². The highest BCUT2D eigenvalue weighted by Crippen LogP contribution is 2.18. The maximum Gasteiger partial charge on any atom is 0.325 e. The zero-order chi connectivity index (χ0) is 15.2. The summed E-state index contributed by atoms with van der Waals surface area (Å²) in [5, 5.41) is 0. The van der Waals surface area contributed by atoms with Crippen LogP contribution >= 0.6 is 0 Å². The molecule has 1 aromatic carbocycles. The van der Waals surface area contributed by atoms with Gasteiger partial charge in [0, 0.05) is 12.2 Å². The van der Waals surface area contributed by atoms with Gasteiger partial charge in [0.15, 0.2) is 0 Å². The van der Waals surface area contributed by atoms with Crippen molar-refractivity contribution in [3.8, 4) is 0 Å². The number of hydrogen-bond donors (Lipinski definition) is 1. The molecule has 0 spiro atoms. The molecule has 112 valence electrons. The number of hydrogen-bond acceptors (Lipinski definition) is 5. The van der Waals surface area contributed by atoms with Gasteiger partial charge in [0.05, 0.1) is 12.0 Å². The van der Waals surface area contributed by atoms with Crippen molar-refractivity contribution in [3.05, 3.63) is 24.3 Å². The van der Waals surface area contributed by atoms with Crippen molar-refractivity contribution in [2.75, 3.05) is 32.1 Å². The quantitative estimate of drug-likeness (QED) is 0.760. The number of anilines is 1. The number of sulfonamides is 1. The highest BCUT2D eigenvalue weighted by atomic mass is 32.2. The molecule has 0 atom stereocenters. The molecule has 0 fully saturated rings. The number of carbonyl (C=O) groups excluding carboxylic acids is 1. The SMILES string of the molecule is CCCN(CC(=O)OC)c1ccc(S(=O)(=O)NC)cc1. The third-order valence-corrected chi connectivity index (χ3v) is 4.25. The van der Waals surface area contributed by atoms with Crippen LogP contribution in [0.2, 0.25) is 0 Å². The average Bonchev–Trinajstić information content (AvgIpc) is 2.46. The Morgan fingerprint density at radius 2 is 1.90 bits per heavy atom. The van der Waals surface area contributed by atoms with E-state index >= 15 is 0 Å². The summed E-state index contributed by atoms with van der Waals surface area (Å²) in [5.41, 5.74) is 0.785. The lowest BCUT2D eigenvalue weighted by atomic mass is 10.2. The second-order valence-corrected chi connectivity index (χ2v) is 6.09. The van der Waals surface area contributed by atoms with Crippen molar-refractivity contribution < 1.29 is 17.9 Å². The molecule has 0 aromatic heterocycles. The molecule has 0 saturated carbocycles. The third-order valence-electron chi connectivity index (χ3n) is 2.82. The van der Waals surface area contributed by atoms with Crippen LogP contribution in [0.4, 0.5) is 5.69 Å². The van der Waals surface area contributed by atoms with E-state index < -0.39 is 10.0 Å². The number of rotatable bonds is 7. The zero-order valence-corrected chi connectivity index (χ0v) is 12.7. The van der Waals surface area contributed by atoms with Gasteiger partial charge in [-0.05, 0) is 37.7 Å². The minimum atomic E-state index is -3.44. The summed E-state index contributed by atoms with van der Waals surface area (Å²) in [6.07, 6.45) is 0.869. The predicted octanol–water partition coefficient (Wildman–Crippen LogP) is 0.984. The molecule has 0 saturated heterocycles. The molecule has 0 unspecified atom stereocenters. The van der Waals surface area contributed by atoms with Gasteiger partial charge in [-0.1, -0.05) is 6.92 Å². The van der Waals surface area contributed by atoms with Crippen LogP contribution in [-0.2, 0) is 19.6 Å². The number of benzene rings is 1. The van der Waals surface area contributed by atoms with Crippen molar-refractivity contribution in [2.45, 2.75) is 18.2 Å². The van der Waals surface area contributed by atoms with Gasteiger partial charge in [-0.25, -0.2) is 13.1 Å². The number of ether oxygens (including phenoxy) is 1. The van der Waals surface area contributed by atoms with E-state index in [1.165, 1.54) is 26.3 Å². The highest BCUT2D eigenvalue weighted by molar-refractivity contribution is 7.89. The van der Waals surface area contributed by atoms with Gasteiger partial charge in [0.1, 0.15) is 6.54 Å². The largest absolute Gasteiger partial charge is 0.468 e. The molecular formula is C13H20N2O4S. The fourth-order valence-corrected chi connectivity index (χ4v) is 2.47. The van der Waals surface area contributed by atoms with Gasteiger partial charge in [-0.2, -0.15) is 0 Å². The first kappa shape index (κ1) is 16.5. The van der Waals surface area contributed by atoms with Crippen LogP contribution in [0.25, 0.3) is 0 Å². The normalized spacial score (nSPS) is 11.2. The second-order valence-electron chi connectivity index (χ2n) is 4.20. The maximum absolute atomic E-state index is 11.6. The van der Waals surface area contributed by atoms with Crippen molar-refractivity contribution in [1.29, 1.82) is 0 Å². The van der Waals surface area contributed by atoms with Gasteiger partial charge in [0.2, 0.25) is 10.0 Å². The summed E-state index contributed by atoms with van der Waals surface area (Å²) in [7, 11) is -0.734. The zero-order valence-electron chi connectivity index (χ0n) is 11.9. The van der Waals surface area contributed by atoms with Crippen LogP contribution in [0.5, 0.6) is 0 Å². The molecule has 0 radical (unpaired) electrons. The van der Waals surface area contributed by atoms with Gasteiger partial charge >= 0.3 is 5.97 Å². The molecule has 0 heterocycles. The summed E-state index contributed by atoms with van der Waals surface area (Å²) >= 11 is 0. The van der Waals surface area contributed by atoms with E-state index in [9.17, 15) is 13.2 Å². The topological polar surface area (TPSA) is 75.7 Å². The van der Waals surface area contributed by atoms with E-state index in [0.29, 0.717) is 6.54 Å². The second kappa shape index (κ2) is 7.25. The number of carbonyl (C=O) groups is 1. The summed E-state index contributed by atoms with van der Waals surface area (Å²) in [5.74, 6) is -0.328. The molecule has 1 rings (SSSR count). The molecule has 0 aliphatic carbocycles. The Bertz CT molecular complexity index is 540. The first-order valence-corrected chi connectivity index (χ1v) is 7.78. The first-order chi connectivity index (χ1) is 9.44. The lowest BCUT2D eigenvalue weighted by Crippen LogP contribution is -2.31. The standard InChI is InChI=1S/C13H20N2O4S/c1-4-9-15(10-13(16)19-3)11-5-7-12(8-6-11)20(17,18)14-2/h5-8,14H,4,9-10H2,1-3H3. The van der Waals surface area contributed by atoms with Crippen LogP contribution in [0.1, 0.15) is 13.3 Å². The van der Waals surface area contributed by atoms with Crippen LogP contribution < -0.4 is 9.62 Å². The monoisotopic (exact) mass is 300 g/mol. The van der Waals surface area contributed by atoms with Crippen LogP contribution in [-0.4, -0.2) is 41.6 Å². The highest BCUT2D eigenvalue weighted by Gasteiger charge is 2.14. The van der Waals surface area contributed by atoms with Gasteiger partial charge in [-0.15, -0.1) is 0 Å². The summed E-state index contributed by atoms with van der Waals surface area (Å²) in [6, 6.07) is 6.40. The Morgan fingerprint density at radius 3 is 2.35 bits per heavy atom. The molecular weight excluding hydrogens is 280 g/mol. The third kappa shape index (κ3) is 4.21. The van der Waals surface area contributed by atoms with Crippen LogP contribution in [0.15, 0.2) is 29.2 Å². The maximum atomic E-state index is 11.6. The molecule has 0 bridgehead atoms. The van der Waals surface area contributed by atoms with E-state index in [4.69, 9.17) is 0 Å². The number of esters is 1. The molecule has 0 amide bonds. The van der Waals surface area contributed by atoms with E-state index in [1.807, 2.05) is 11.8 Å². The minimum absolute atomic E-state index is 0.141. The van der Waals surface area contributed by atoms with Crippen molar-refractivity contribution in [3.63, 3.8) is 0 Å². The molecule has 6 nitrogen and oxygen atoms in total. The molecule has 0 aliphatic rings. The summed E-state index contributed by atoms with van der Waals surface area (Å²) < 4.78 is 30.2. The number of methoxy groups -OCH3 is 1. The first-order valence-electron chi connectivity index (χ1n) is 6.30. The molecule has 20 heavy (non-hydrogen) atoms. The van der Waals surface area contributed by atoms with E-state index in [1.54, 1.807) is 12.1 Å². The Labute approximate surface area is 119 Å². The molecule has 1 N–H and O–H groups in total. The van der Waals surface area contributed by atoms with Gasteiger partial charge in [-0.3, -0.25) is 4.79 Å². The molecule has 1 aromatic rings. The Hall–Kier alpha value is -1.60. The Morgan fingerprint density at radius 1 is 1.30 bits per heavy atom. The summed E-state index contributed by atoms with van der Waals surface area (Å²) in [6.45, 7) is 2.83. The van der Waals surface area contributed by atoms with Crippen LogP contribution in [0.3, 0.4) is 0 Å². The van der Waals surface area contributed by atoms with Crippen molar-refractivity contribution >= 4 is 21.7 Å². The Kier molecular flexibility index (Phi) is 5.97. The smallest absolute Gasteiger partial charge is 0.325 e. The molecule has 7 heteroatoms. The van der Waals surface area contributed by atoms with Gasteiger partial charge in [0.25, 0.3) is 0 Å². The number of nitrogens with zero attached hydrogens (tertiary/aromatic N) is 1. The minimum Gasteiger partial charge on any atom is -0.468 e. The van der Waals surface area contributed by atoms with Crippen molar-refractivity contribution in [1.82, 2.24) is 4.72 Å². The predicted molar refractivity (Wildman–Crippen MR) is 77.2 cm³/mol. The van der Waals surface area contributed by atoms with Gasteiger partial charge < -0.3 is 9.64 Å².